The number of benzene rings is 2. The van der Waals surface area contributed by atoms with Crippen LogP contribution in [0, 0.1) is 0 Å². The minimum absolute atomic E-state index is 0.00393. The molecule has 3 heterocycles. The fourth-order valence-electron chi connectivity index (χ4n) is 4.99. The van der Waals surface area contributed by atoms with Crippen molar-refractivity contribution in [2.24, 2.45) is 0 Å². The van der Waals surface area contributed by atoms with E-state index in [-0.39, 0.29) is 17.1 Å². The van der Waals surface area contributed by atoms with Crippen LogP contribution in [0.25, 0.3) is 6.08 Å². The van der Waals surface area contributed by atoms with Crippen LogP contribution in [0.4, 0.5) is 0 Å². The number of aromatic nitrogens is 1. The summed E-state index contributed by atoms with van der Waals surface area (Å²) < 4.78 is 31.6. The molecule has 1 amide bonds. The number of sulfone groups is 1. The molecule has 8 nitrogen and oxygen atoms in total. The lowest BCUT2D eigenvalue weighted by Gasteiger charge is -2.38. The van der Waals surface area contributed by atoms with Crippen LogP contribution < -0.4 is 0 Å². The van der Waals surface area contributed by atoms with Crippen molar-refractivity contribution in [3.8, 4) is 0 Å². The normalized spacial score (nSPS) is 22.2. The molecule has 3 aromatic rings. The Hall–Kier alpha value is -4.11. The average Bonchev–Trinajstić information content (AvgIpc) is 3.06. The molecule has 0 bridgehead atoms. The maximum Gasteiger partial charge on any atom is 0.331 e. The summed E-state index contributed by atoms with van der Waals surface area (Å²) in [7, 11) is -4.01. The molecule has 194 valence electrons. The highest BCUT2D eigenvalue weighted by Crippen LogP contribution is 2.49. The summed E-state index contributed by atoms with van der Waals surface area (Å²) in [6, 6.07) is 20.0. The fourth-order valence-corrected chi connectivity index (χ4v) is 7.11. The predicted octanol–water partition coefficient (Wildman–Crippen LogP) is 3.74. The molecular formula is C29H26N2O6S. The number of β-lactam (4-membered cyclic amide) rings is 1. The molecule has 9 heteroatoms. The van der Waals surface area contributed by atoms with Gasteiger partial charge in [0.25, 0.3) is 5.91 Å². The first kappa shape index (κ1) is 25.5. The second-order valence-electron chi connectivity index (χ2n) is 9.88. The summed E-state index contributed by atoms with van der Waals surface area (Å²) in [5.74, 6) is -1.57. The number of esters is 1. The Morgan fingerprint density at radius 1 is 1.00 bits per heavy atom. The van der Waals surface area contributed by atoms with Gasteiger partial charge in [0.15, 0.2) is 33.1 Å². The molecule has 5 rings (SSSR count). The average molecular weight is 531 g/mol. The first-order valence-electron chi connectivity index (χ1n) is 12.1. The van der Waals surface area contributed by atoms with Crippen LogP contribution in [0.15, 0.2) is 84.6 Å². The van der Waals surface area contributed by atoms with Crippen molar-refractivity contribution in [3.05, 3.63) is 107 Å². The largest absolute Gasteiger partial charge is 0.451 e. The lowest BCUT2D eigenvalue weighted by molar-refractivity contribution is -0.160. The van der Waals surface area contributed by atoms with Crippen molar-refractivity contribution in [3.63, 3.8) is 0 Å². The molecule has 2 aliphatic heterocycles. The zero-order valence-electron chi connectivity index (χ0n) is 21.1. The lowest BCUT2D eigenvalue weighted by Crippen LogP contribution is -2.59. The Morgan fingerprint density at radius 3 is 2.13 bits per heavy atom. The van der Waals surface area contributed by atoms with Gasteiger partial charge in [-0.3, -0.25) is 14.6 Å². The second-order valence-corrected chi connectivity index (χ2v) is 12.5. The Bertz CT molecular complexity index is 1530. The molecule has 0 saturated carbocycles. The van der Waals surface area contributed by atoms with Crippen molar-refractivity contribution in [2.45, 2.75) is 43.0 Å². The third kappa shape index (κ3) is 4.03. The number of Topliss-reactive ketones (excluding diaryl/α,β-unsaturated/α-hetero) is 1. The number of nitrogens with zero attached hydrogens (tertiary/aromatic N) is 2. The van der Waals surface area contributed by atoms with Gasteiger partial charge in [-0.1, -0.05) is 60.7 Å². The van der Waals surface area contributed by atoms with E-state index in [0.29, 0.717) is 16.7 Å². The van der Waals surface area contributed by atoms with Gasteiger partial charge < -0.3 is 9.64 Å². The van der Waals surface area contributed by atoms with Crippen molar-refractivity contribution in [1.82, 2.24) is 9.88 Å². The first-order valence-corrected chi connectivity index (χ1v) is 13.6. The van der Waals surface area contributed by atoms with E-state index in [1.165, 1.54) is 45.2 Å². The zero-order valence-corrected chi connectivity index (χ0v) is 21.9. The standard InChI is InChI=1S/C29H26N2O6S/c1-18(32)21-14-15-30-22(16-21)17-23-26(33)31-25(29(2,3)38(35,36)27(23)31)28(34)37-24(19-10-6-4-7-11-19)20-12-8-5-9-13-20/h4-17,24-25,27H,1-3H3/b23-17-/t25-,27+/m0/s1. The Kier molecular flexibility index (Phi) is 6.27. The summed E-state index contributed by atoms with van der Waals surface area (Å²) in [4.78, 5) is 43.9. The lowest BCUT2D eigenvalue weighted by atomic mass is 9.94. The first-order chi connectivity index (χ1) is 18.0. The molecule has 2 aromatic carbocycles. The number of ether oxygens (including phenoxy) is 1. The van der Waals surface area contributed by atoms with Gasteiger partial charge in [-0.25, -0.2) is 13.2 Å². The van der Waals surface area contributed by atoms with E-state index in [9.17, 15) is 22.8 Å². The fraction of sp³-hybridized carbons (Fsp3) is 0.241. The van der Waals surface area contributed by atoms with E-state index in [0.717, 1.165) is 4.90 Å². The summed E-state index contributed by atoms with van der Waals surface area (Å²) in [6.07, 6.45) is 2.01. The Balaban J connectivity index is 1.50. The van der Waals surface area contributed by atoms with E-state index in [1.807, 2.05) is 60.7 Å². The van der Waals surface area contributed by atoms with Gasteiger partial charge in [0.1, 0.15) is 4.75 Å². The zero-order chi connectivity index (χ0) is 27.2. The number of fused-ring (bicyclic) bond motifs is 1. The molecule has 1 aromatic heterocycles. The van der Waals surface area contributed by atoms with E-state index in [2.05, 4.69) is 4.98 Å². The summed E-state index contributed by atoms with van der Waals surface area (Å²) in [5.41, 5.74) is 2.11. The van der Waals surface area contributed by atoms with Crippen LogP contribution in [0.5, 0.6) is 0 Å². The van der Waals surface area contributed by atoms with Crippen LogP contribution in [0.3, 0.4) is 0 Å². The summed E-state index contributed by atoms with van der Waals surface area (Å²) >= 11 is 0. The molecule has 2 saturated heterocycles. The quantitative estimate of drug-likeness (QED) is 0.207. The van der Waals surface area contributed by atoms with Gasteiger partial charge in [0.05, 0.1) is 11.3 Å². The van der Waals surface area contributed by atoms with Crippen molar-refractivity contribution in [1.29, 1.82) is 0 Å². The number of carbonyl (C=O) groups is 3. The smallest absolute Gasteiger partial charge is 0.331 e. The van der Waals surface area contributed by atoms with Crippen molar-refractivity contribution < 1.29 is 27.5 Å². The van der Waals surface area contributed by atoms with E-state index in [4.69, 9.17) is 4.74 Å². The van der Waals surface area contributed by atoms with E-state index < -0.39 is 44.0 Å². The molecule has 0 N–H and O–H groups in total. The van der Waals surface area contributed by atoms with Gasteiger partial charge >= 0.3 is 5.97 Å². The van der Waals surface area contributed by atoms with Gasteiger partial charge in [0, 0.05) is 11.8 Å². The van der Waals surface area contributed by atoms with Crippen molar-refractivity contribution in [2.75, 3.05) is 0 Å². The van der Waals surface area contributed by atoms with Crippen LogP contribution in [0.1, 0.15) is 54.1 Å². The van der Waals surface area contributed by atoms with Crippen molar-refractivity contribution >= 4 is 33.6 Å². The highest BCUT2D eigenvalue weighted by atomic mass is 32.2. The molecular weight excluding hydrogens is 504 g/mol. The van der Waals surface area contributed by atoms with Crippen LogP contribution >= 0.6 is 0 Å². The monoisotopic (exact) mass is 530 g/mol. The highest BCUT2D eigenvalue weighted by molar-refractivity contribution is 7.94. The molecule has 2 aliphatic rings. The van der Waals surface area contributed by atoms with Crippen LogP contribution in [-0.4, -0.2) is 52.1 Å². The summed E-state index contributed by atoms with van der Waals surface area (Å²) in [6.45, 7) is 4.28. The third-order valence-corrected chi connectivity index (χ3v) is 9.88. The van der Waals surface area contributed by atoms with Gasteiger partial charge in [-0.2, -0.15) is 0 Å². The number of hydrogen-bond donors (Lipinski definition) is 0. The number of hydrogen-bond acceptors (Lipinski definition) is 7. The number of ketones is 1. The van der Waals surface area contributed by atoms with E-state index in [1.54, 1.807) is 0 Å². The van der Waals surface area contributed by atoms with Gasteiger partial charge in [0.2, 0.25) is 0 Å². The molecule has 0 spiro atoms. The minimum Gasteiger partial charge on any atom is -0.451 e. The van der Waals surface area contributed by atoms with Crippen LogP contribution in [-0.2, 0) is 24.2 Å². The highest BCUT2D eigenvalue weighted by Gasteiger charge is 2.70. The predicted molar refractivity (Wildman–Crippen MR) is 140 cm³/mol. The summed E-state index contributed by atoms with van der Waals surface area (Å²) in [5, 5.41) is -1.31. The number of pyridine rings is 1. The van der Waals surface area contributed by atoms with E-state index >= 15 is 0 Å². The number of carbonyl (C=O) groups excluding carboxylic acids is 3. The molecule has 0 radical (unpaired) electrons. The topological polar surface area (TPSA) is 111 Å². The van der Waals surface area contributed by atoms with Gasteiger partial charge in [-0.05, 0) is 50.1 Å². The molecule has 2 atom stereocenters. The molecule has 0 aliphatic carbocycles. The second kappa shape index (κ2) is 9.33. The molecule has 0 unspecified atom stereocenters. The SMILES string of the molecule is CC(=O)c1ccnc(/C=C2/C(=O)N3[C@@H](C(=O)OC(c4ccccc4)c4ccccc4)C(C)(C)S(=O)(=O)[C@H]23)c1. The number of amides is 1. The number of rotatable bonds is 6. The minimum atomic E-state index is -4.01. The maximum atomic E-state index is 13.7. The Morgan fingerprint density at radius 2 is 1.58 bits per heavy atom. The molecule has 38 heavy (non-hydrogen) atoms. The van der Waals surface area contributed by atoms with Crippen LogP contribution in [0.2, 0.25) is 0 Å². The van der Waals surface area contributed by atoms with Gasteiger partial charge in [-0.15, -0.1) is 0 Å². The molecule has 2 fully saturated rings. The third-order valence-electron chi connectivity index (χ3n) is 7.12. The Labute approximate surface area is 220 Å². The maximum absolute atomic E-state index is 13.7.